The molecule has 25 heavy (non-hydrogen) atoms. The molecule has 1 N–H and O–H groups in total. The van der Waals surface area contributed by atoms with E-state index in [1.165, 1.54) is 0 Å². The molecule has 1 fully saturated rings. The van der Waals surface area contributed by atoms with Crippen molar-refractivity contribution in [1.29, 1.82) is 0 Å². The van der Waals surface area contributed by atoms with E-state index in [4.69, 9.17) is 9.84 Å². The average Bonchev–Trinajstić information content (AvgIpc) is 2.67. The maximum Gasteiger partial charge on any atom is 0.276 e. The van der Waals surface area contributed by atoms with Crippen molar-refractivity contribution in [2.45, 2.75) is 25.7 Å². The Morgan fingerprint density at radius 2 is 1.92 bits per heavy atom. The Balaban J connectivity index is 1.67. The highest BCUT2D eigenvalue weighted by Gasteiger charge is 2.26. The molecule has 1 saturated heterocycles. The zero-order chi connectivity index (χ0) is 17.5. The first kappa shape index (κ1) is 17.4. The molecule has 0 radical (unpaired) electrons. The van der Waals surface area contributed by atoms with Gasteiger partial charge in [-0.3, -0.25) is 4.79 Å². The number of amides is 1. The van der Waals surface area contributed by atoms with Gasteiger partial charge in [0.2, 0.25) is 0 Å². The molecule has 1 aliphatic heterocycles. The summed E-state index contributed by atoms with van der Waals surface area (Å²) in [5.41, 5.74) is 0.361. The van der Waals surface area contributed by atoms with Crippen LogP contribution in [0.4, 0.5) is 0 Å². The van der Waals surface area contributed by atoms with Gasteiger partial charge >= 0.3 is 0 Å². The number of aromatic nitrogens is 1. The maximum absolute atomic E-state index is 12.9. The summed E-state index contributed by atoms with van der Waals surface area (Å²) in [4.78, 5) is 19.0. The lowest BCUT2D eigenvalue weighted by Crippen LogP contribution is -2.39. The summed E-state index contributed by atoms with van der Waals surface area (Å²) in [6.45, 7) is 1.71. The predicted molar refractivity (Wildman–Crippen MR) is 95.7 cm³/mol. The number of carbonyl (C=O) groups excluding carboxylic acids is 1. The molecule has 5 heteroatoms. The molecule has 1 aromatic heterocycles. The number of benzene rings is 1. The summed E-state index contributed by atoms with van der Waals surface area (Å²) < 4.78 is 5.86. The smallest absolute Gasteiger partial charge is 0.276 e. The molecule has 1 aromatic carbocycles. The molecule has 5 nitrogen and oxygen atoms in total. The van der Waals surface area contributed by atoms with Crippen LogP contribution in [-0.4, -0.2) is 40.6 Å². The van der Waals surface area contributed by atoms with Crippen LogP contribution in [0.15, 0.2) is 48.7 Å². The minimum Gasteiger partial charge on any atom is -0.455 e. The predicted octanol–water partition coefficient (Wildman–Crippen LogP) is 3.50. The fourth-order valence-corrected chi connectivity index (χ4v) is 3.20. The molecule has 1 aliphatic rings. The van der Waals surface area contributed by atoms with Crippen molar-refractivity contribution < 1.29 is 14.6 Å². The van der Waals surface area contributed by atoms with Crippen LogP contribution in [0.1, 0.15) is 36.2 Å². The average molecular weight is 340 g/mol. The van der Waals surface area contributed by atoms with Gasteiger partial charge in [0.1, 0.15) is 5.75 Å². The van der Waals surface area contributed by atoms with Gasteiger partial charge in [0.05, 0.1) is 0 Å². The van der Waals surface area contributed by atoms with E-state index in [-0.39, 0.29) is 12.5 Å². The molecule has 0 unspecified atom stereocenters. The van der Waals surface area contributed by atoms with Gasteiger partial charge in [-0.2, -0.15) is 0 Å². The number of piperidine rings is 1. The number of nitrogens with zero attached hydrogens (tertiary/aromatic N) is 2. The molecule has 0 saturated carbocycles. The van der Waals surface area contributed by atoms with E-state index in [1.54, 1.807) is 18.3 Å². The number of hydrogen-bond donors (Lipinski definition) is 1. The number of aliphatic hydroxyl groups excluding tert-OH is 1. The summed E-state index contributed by atoms with van der Waals surface area (Å²) in [5, 5.41) is 8.95. The Hall–Kier alpha value is -2.40. The molecule has 3 rings (SSSR count). The van der Waals surface area contributed by atoms with E-state index in [1.807, 2.05) is 35.2 Å². The Morgan fingerprint density at radius 3 is 2.64 bits per heavy atom. The van der Waals surface area contributed by atoms with Gasteiger partial charge < -0.3 is 14.7 Å². The van der Waals surface area contributed by atoms with Crippen molar-refractivity contribution in [3.8, 4) is 11.5 Å². The number of ether oxygens (including phenoxy) is 1. The first-order chi connectivity index (χ1) is 12.3. The number of rotatable bonds is 6. The van der Waals surface area contributed by atoms with Gasteiger partial charge in [-0.15, -0.1) is 0 Å². The van der Waals surface area contributed by atoms with E-state index in [9.17, 15) is 4.79 Å². The molecule has 1 amide bonds. The van der Waals surface area contributed by atoms with E-state index >= 15 is 0 Å². The number of likely N-dealkylation sites (tertiary alicyclic amines) is 1. The number of carbonyl (C=O) groups is 1. The number of hydrogen-bond acceptors (Lipinski definition) is 4. The topological polar surface area (TPSA) is 62.7 Å². The summed E-state index contributed by atoms with van der Waals surface area (Å²) >= 11 is 0. The molecule has 132 valence electrons. The van der Waals surface area contributed by atoms with Crippen LogP contribution in [0.25, 0.3) is 0 Å². The third-order valence-electron chi connectivity index (χ3n) is 4.62. The van der Waals surface area contributed by atoms with Crippen molar-refractivity contribution in [2.24, 2.45) is 5.92 Å². The first-order valence-electron chi connectivity index (χ1n) is 8.86. The zero-order valence-corrected chi connectivity index (χ0v) is 14.3. The van der Waals surface area contributed by atoms with E-state index in [0.29, 0.717) is 23.1 Å². The monoisotopic (exact) mass is 340 g/mol. The van der Waals surface area contributed by atoms with E-state index in [2.05, 4.69) is 4.98 Å². The maximum atomic E-state index is 12.9. The number of aliphatic hydroxyl groups is 1. The fraction of sp³-hybridized carbons (Fsp3) is 0.400. The molecule has 0 spiro atoms. The van der Waals surface area contributed by atoms with E-state index in [0.717, 1.165) is 38.8 Å². The molecule has 2 aromatic rings. The van der Waals surface area contributed by atoms with Crippen LogP contribution in [0, 0.1) is 5.92 Å². The minimum atomic E-state index is -0.0767. The number of para-hydroxylation sites is 1. The van der Waals surface area contributed by atoms with Crippen LogP contribution in [0.3, 0.4) is 0 Å². The van der Waals surface area contributed by atoms with Crippen molar-refractivity contribution in [3.05, 3.63) is 54.4 Å². The van der Waals surface area contributed by atoms with Crippen LogP contribution in [0.5, 0.6) is 11.5 Å². The normalized spacial score (nSPS) is 15.2. The molecular formula is C20H24N2O3. The molecule has 0 bridgehead atoms. The highest BCUT2D eigenvalue weighted by molar-refractivity contribution is 5.95. The van der Waals surface area contributed by atoms with Gasteiger partial charge in [0, 0.05) is 25.9 Å². The largest absolute Gasteiger partial charge is 0.455 e. The molecular weight excluding hydrogens is 316 g/mol. The first-order valence-corrected chi connectivity index (χ1v) is 8.86. The lowest BCUT2D eigenvalue weighted by atomic mass is 9.92. The van der Waals surface area contributed by atoms with Crippen LogP contribution >= 0.6 is 0 Å². The third kappa shape index (κ3) is 4.57. The van der Waals surface area contributed by atoms with Gasteiger partial charge in [-0.1, -0.05) is 18.2 Å². The SMILES string of the molecule is O=C(c1ncccc1Oc1ccccc1)N1CCC(CCCO)CC1. The minimum absolute atomic E-state index is 0.0767. The summed E-state index contributed by atoms with van der Waals surface area (Å²) in [6.07, 6.45) is 5.46. The summed E-state index contributed by atoms with van der Waals surface area (Å²) in [5.74, 6) is 1.69. The lowest BCUT2D eigenvalue weighted by Gasteiger charge is -2.32. The standard InChI is InChI=1S/C20H24N2O3/c23-15-5-6-16-10-13-22(14-11-16)20(24)19-18(9-4-12-21-19)25-17-7-2-1-3-8-17/h1-4,7-9,12,16,23H,5-6,10-11,13-15H2. The van der Waals surface area contributed by atoms with Gasteiger partial charge in [-0.05, 0) is 55.9 Å². The van der Waals surface area contributed by atoms with Crippen LogP contribution in [-0.2, 0) is 0 Å². The third-order valence-corrected chi connectivity index (χ3v) is 4.62. The Kier molecular flexibility index (Phi) is 6.01. The van der Waals surface area contributed by atoms with Gasteiger partial charge in [0.15, 0.2) is 11.4 Å². The highest BCUT2D eigenvalue weighted by atomic mass is 16.5. The summed E-state index contributed by atoms with van der Waals surface area (Å²) in [6, 6.07) is 13.0. The molecule has 0 aliphatic carbocycles. The second-order valence-corrected chi connectivity index (χ2v) is 6.37. The van der Waals surface area contributed by atoms with Gasteiger partial charge in [-0.25, -0.2) is 4.98 Å². The number of pyridine rings is 1. The molecule has 2 heterocycles. The van der Waals surface area contributed by atoms with Crippen molar-refractivity contribution >= 4 is 5.91 Å². The van der Waals surface area contributed by atoms with E-state index < -0.39 is 0 Å². The highest BCUT2D eigenvalue weighted by Crippen LogP contribution is 2.27. The Morgan fingerprint density at radius 1 is 1.16 bits per heavy atom. The van der Waals surface area contributed by atoms with Crippen molar-refractivity contribution in [2.75, 3.05) is 19.7 Å². The second kappa shape index (κ2) is 8.62. The van der Waals surface area contributed by atoms with Crippen molar-refractivity contribution in [1.82, 2.24) is 9.88 Å². The van der Waals surface area contributed by atoms with Gasteiger partial charge in [0.25, 0.3) is 5.91 Å². The zero-order valence-electron chi connectivity index (χ0n) is 14.3. The fourth-order valence-electron chi connectivity index (χ4n) is 3.20. The lowest BCUT2D eigenvalue weighted by molar-refractivity contribution is 0.0674. The van der Waals surface area contributed by atoms with Crippen molar-refractivity contribution in [3.63, 3.8) is 0 Å². The second-order valence-electron chi connectivity index (χ2n) is 6.37. The van der Waals surface area contributed by atoms with Crippen LogP contribution in [0.2, 0.25) is 0 Å². The molecule has 0 atom stereocenters. The Labute approximate surface area is 148 Å². The quantitative estimate of drug-likeness (QED) is 0.874. The summed E-state index contributed by atoms with van der Waals surface area (Å²) in [7, 11) is 0. The van der Waals surface area contributed by atoms with Crippen LogP contribution < -0.4 is 4.74 Å². The Bertz CT molecular complexity index is 682.